The van der Waals surface area contributed by atoms with E-state index in [2.05, 4.69) is 20.7 Å². The Kier molecular flexibility index (Phi) is 8.37. The van der Waals surface area contributed by atoms with Gasteiger partial charge in [-0.15, -0.1) is 24.0 Å². The van der Waals surface area contributed by atoms with Gasteiger partial charge in [0.05, 0.1) is 27.0 Å². The van der Waals surface area contributed by atoms with Crippen LogP contribution in [0.2, 0.25) is 0 Å². The van der Waals surface area contributed by atoms with E-state index >= 15 is 0 Å². The van der Waals surface area contributed by atoms with Crippen molar-refractivity contribution in [1.29, 1.82) is 0 Å². The Morgan fingerprint density at radius 3 is 2.58 bits per heavy atom. The third-order valence-corrected chi connectivity index (χ3v) is 3.27. The molecule has 1 aromatic carbocycles. The lowest BCUT2D eigenvalue weighted by Gasteiger charge is -2.14. The number of benzene rings is 1. The van der Waals surface area contributed by atoms with E-state index in [1.54, 1.807) is 21.3 Å². The molecule has 0 aliphatic carbocycles. The van der Waals surface area contributed by atoms with Gasteiger partial charge in [0.15, 0.2) is 17.5 Å². The van der Waals surface area contributed by atoms with Gasteiger partial charge in [0.2, 0.25) is 0 Å². The van der Waals surface area contributed by atoms with E-state index in [-0.39, 0.29) is 24.0 Å². The quantitative estimate of drug-likeness (QED) is 0.406. The molecule has 0 unspecified atom stereocenters. The Bertz CT molecular complexity index is 672. The fourth-order valence-electron chi connectivity index (χ4n) is 2.11. The highest BCUT2D eigenvalue weighted by molar-refractivity contribution is 14.0. The molecule has 0 saturated heterocycles. The molecular weight excluding hydrogens is 421 g/mol. The lowest BCUT2D eigenvalue weighted by molar-refractivity contribution is 0.355. The SMILES string of the molecule is CN=C(NCCn1cc(C)cn1)Nc1ccc(OC)c(OC)c1.I. The first kappa shape index (κ1) is 20.1. The maximum atomic E-state index is 5.30. The molecule has 0 bridgehead atoms. The summed E-state index contributed by atoms with van der Waals surface area (Å²) in [6.07, 6.45) is 3.85. The molecule has 0 spiro atoms. The molecule has 8 heteroatoms. The zero-order valence-electron chi connectivity index (χ0n) is 14.4. The van der Waals surface area contributed by atoms with E-state index in [0.717, 1.165) is 17.8 Å². The molecule has 132 valence electrons. The Morgan fingerprint density at radius 1 is 1.25 bits per heavy atom. The molecule has 1 aromatic heterocycles. The van der Waals surface area contributed by atoms with Crippen molar-refractivity contribution in [3.8, 4) is 11.5 Å². The number of aryl methyl sites for hydroxylation is 1. The van der Waals surface area contributed by atoms with Crippen molar-refractivity contribution in [3.05, 3.63) is 36.2 Å². The highest BCUT2D eigenvalue weighted by Gasteiger charge is 2.06. The van der Waals surface area contributed by atoms with Crippen LogP contribution in [0.5, 0.6) is 11.5 Å². The number of aromatic nitrogens is 2. The Labute approximate surface area is 159 Å². The number of ether oxygens (including phenoxy) is 2. The second-order valence-electron chi connectivity index (χ2n) is 4.97. The van der Waals surface area contributed by atoms with Crippen LogP contribution in [0.15, 0.2) is 35.6 Å². The third-order valence-electron chi connectivity index (χ3n) is 3.27. The largest absolute Gasteiger partial charge is 0.493 e. The number of halogens is 1. The predicted molar refractivity (Wildman–Crippen MR) is 107 cm³/mol. The van der Waals surface area contributed by atoms with E-state index in [0.29, 0.717) is 24.0 Å². The Hall–Kier alpha value is -1.97. The summed E-state index contributed by atoms with van der Waals surface area (Å²) in [6, 6.07) is 5.62. The number of methoxy groups -OCH3 is 2. The van der Waals surface area contributed by atoms with Gasteiger partial charge in [0.25, 0.3) is 0 Å². The number of hydrogen-bond acceptors (Lipinski definition) is 4. The molecule has 2 rings (SSSR count). The zero-order chi connectivity index (χ0) is 16.7. The van der Waals surface area contributed by atoms with Gasteiger partial charge in [-0.05, 0) is 24.6 Å². The molecule has 0 saturated carbocycles. The van der Waals surface area contributed by atoms with Gasteiger partial charge < -0.3 is 20.1 Å². The van der Waals surface area contributed by atoms with Crippen molar-refractivity contribution >= 4 is 35.6 Å². The molecule has 0 radical (unpaired) electrons. The van der Waals surface area contributed by atoms with Gasteiger partial charge in [-0.3, -0.25) is 9.67 Å². The lowest BCUT2D eigenvalue weighted by atomic mass is 10.3. The van der Waals surface area contributed by atoms with Gasteiger partial charge in [-0.1, -0.05) is 0 Å². The normalized spacial score (nSPS) is 10.8. The molecule has 2 N–H and O–H groups in total. The topological polar surface area (TPSA) is 72.7 Å². The van der Waals surface area contributed by atoms with Gasteiger partial charge in [0, 0.05) is 31.5 Å². The minimum atomic E-state index is 0. The van der Waals surface area contributed by atoms with E-state index in [9.17, 15) is 0 Å². The molecule has 24 heavy (non-hydrogen) atoms. The third kappa shape index (κ3) is 5.59. The summed E-state index contributed by atoms with van der Waals surface area (Å²) in [6.45, 7) is 3.50. The minimum Gasteiger partial charge on any atom is -0.493 e. The average molecular weight is 445 g/mol. The van der Waals surface area contributed by atoms with Gasteiger partial charge in [-0.25, -0.2) is 0 Å². The van der Waals surface area contributed by atoms with Crippen LogP contribution >= 0.6 is 24.0 Å². The minimum absolute atomic E-state index is 0. The molecule has 0 fully saturated rings. The maximum absolute atomic E-state index is 5.30. The van der Waals surface area contributed by atoms with Crippen molar-refractivity contribution in [1.82, 2.24) is 15.1 Å². The smallest absolute Gasteiger partial charge is 0.195 e. The maximum Gasteiger partial charge on any atom is 0.195 e. The van der Waals surface area contributed by atoms with Crippen LogP contribution in [-0.2, 0) is 6.54 Å². The first-order valence-electron chi connectivity index (χ1n) is 7.35. The van der Waals surface area contributed by atoms with E-state index < -0.39 is 0 Å². The first-order valence-corrected chi connectivity index (χ1v) is 7.35. The summed E-state index contributed by atoms with van der Waals surface area (Å²) in [4.78, 5) is 4.21. The molecule has 0 aliphatic rings. The van der Waals surface area contributed by atoms with Crippen LogP contribution in [0, 0.1) is 6.92 Å². The van der Waals surface area contributed by atoms with Crippen molar-refractivity contribution in [3.63, 3.8) is 0 Å². The lowest BCUT2D eigenvalue weighted by Crippen LogP contribution is -2.33. The van der Waals surface area contributed by atoms with Crippen molar-refractivity contribution < 1.29 is 9.47 Å². The van der Waals surface area contributed by atoms with Crippen LogP contribution in [0.25, 0.3) is 0 Å². The van der Waals surface area contributed by atoms with E-state index in [4.69, 9.17) is 9.47 Å². The van der Waals surface area contributed by atoms with Gasteiger partial charge in [0.1, 0.15) is 0 Å². The summed E-state index contributed by atoms with van der Waals surface area (Å²) in [5.74, 6) is 2.04. The van der Waals surface area contributed by atoms with Crippen LogP contribution < -0.4 is 20.1 Å². The molecular formula is C16H24IN5O2. The van der Waals surface area contributed by atoms with Crippen LogP contribution in [0.1, 0.15) is 5.56 Å². The summed E-state index contributed by atoms with van der Waals surface area (Å²) in [5.41, 5.74) is 2.02. The average Bonchev–Trinajstić information content (AvgIpc) is 2.99. The highest BCUT2D eigenvalue weighted by Crippen LogP contribution is 2.29. The number of rotatable bonds is 6. The molecule has 7 nitrogen and oxygen atoms in total. The molecule has 0 atom stereocenters. The Balaban J connectivity index is 0.00000288. The molecule has 2 aromatic rings. The predicted octanol–water partition coefficient (Wildman–Crippen LogP) is 2.51. The number of hydrogen-bond donors (Lipinski definition) is 2. The van der Waals surface area contributed by atoms with Gasteiger partial charge >= 0.3 is 0 Å². The van der Waals surface area contributed by atoms with Crippen LogP contribution in [0.3, 0.4) is 0 Å². The number of guanidine groups is 1. The number of anilines is 1. The zero-order valence-corrected chi connectivity index (χ0v) is 16.7. The fraction of sp³-hybridized carbons (Fsp3) is 0.375. The van der Waals surface area contributed by atoms with Crippen molar-refractivity contribution in [2.24, 2.45) is 4.99 Å². The van der Waals surface area contributed by atoms with Crippen LogP contribution in [-0.4, -0.2) is 43.6 Å². The molecule has 0 amide bonds. The fourth-order valence-corrected chi connectivity index (χ4v) is 2.11. The summed E-state index contributed by atoms with van der Waals surface area (Å²) in [5, 5.41) is 10.7. The monoisotopic (exact) mass is 445 g/mol. The Morgan fingerprint density at radius 2 is 2.00 bits per heavy atom. The number of nitrogens with zero attached hydrogens (tertiary/aromatic N) is 3. The second-order valence-corrected chi connectivity index (χ2v) is 4.97. The van der Waals surface area contributed by atoms with Crippen LogP contribution in [0.4, 0.5) is 5.69 Å². The second kappa shape index (κ2) is 10.0. The van der Waals surface area contributed by atoms with E-state index in [1.807, 2.05) is 42.2 Å². The van der Waals surface area contributed by atoms with Crippen molar-refractivity contribution in [2.45, 2.75) is 13.5 Å². The molecule has 1 heterocycles. The molecule has 0 aliphatic heterocycles. The van der Waals surface area contributed by atoms with Gasteiger partial charge in [-0.2, -0.15) is 5.10 Å². The van der Waals surface area contributed by atoms with Crippen molar-refractivity contribution in [2.75, 3.05) is 33.1 Å². The highest BCUT2D eigenvalue weighted by atomic mass is 127. The number of nitrogens with one attached hydrogen (secondary N) is 2. The summed E-state index contributed by atoms with van der Waals surface area (Å²) in [7, 11) is 4.96. The summed E-state index contributed by atoms with van der Waals surface area (Å²) < 4.78 is 12.4. The van der Waals surface area contributed by atoms with E-state index in [1.165, 1.54) is 0 Å². The number of aliphatic imine (C=N–C) groups is 1. The summed E-state index contributed by atoms with van der Waals surface area (Å²) >= 11 is 0. The standard InChI is InChI=1S/C16H23N5O2.HI/c1-12-10-19-21(11-12)8-7-18-16(17-2)20-13-5-6-14(22-3)15(9-13)23-4;/h5-6,9-11H,7-8H2,1-4H3,(H2,17,18,20);1H. The first-order chi connectivity index (χ1) is 11.2.